The summed E-state index contributed by atoms with van der Waals surface area (Å²) in [5.74, 6) is -1.57. The molecule has 1 fully saturated rings. The number of carbonyl (C=O) groups excluding carboxylic acids is 2. The molecule has 4 rings (SSSR count). The van der Waals surface area contributed by atoms with E-state index in [2.05, 4.69) is 27.7 Å². The van der Waals surface area contributed by atoms with Crippen LogP contribution in [0.5, 0.6) is 0 Å². The smallest absolute Gasteiger partial charge is 0.228 e. The molecular weight excluding hydrogens is 373 g/mol. The molecule has 0 aliphatic carbocycles. The molecule has 2 N–H and O–H groups in total. The predicted octanol–water partition coefficient (Wildman–Crippen LogP) is 2.44. The fourth-order valence-corrected chi connectivity index (χ4v) is 4.01. The van der Waals surface area contributed by atoms with Crippen LogP contribution in [0.3, 0.4) is 0 Å². The van der Waals surface area contributed by atoms with Crippen molar-refractivity contribution in [2.24, 2.45) is 0 Å². The molecule has 29 heavy (non-hydrogen) atoms. The van der Waals surface area contributed by atoms with Gasteiger partial charge >= 0.3 is 0 Å². The number of nitrogens with zero attached hydrogens (tertiary/aromatic N) is 1. The van der Waals surface area contributed by atoms with Crippen LogP contribution in [0.4, 0.5) is 10.1 Å². The summed E-state index contributed by atoms with van der Waals surface area (Å²) in [6, 6.07) is 14.2. The molecule has 152 valence electrons. The van der Waals surface area contributed by atoms with Crippen LogP contribution in [0.15, 0.2) is 48.5 Å². The first-order valence-electron chi connectivity index (χ1n) is 9.85. The summed E-state index contributed by atoms with van der Waals surface area (Å²) in [6.07, 6.45) is 0.0536. The van der Waals surface area contributed by atoms with E-state index in [1.54, 1.807) is 6.07 Å². The maximum Gasteiger partial charge on any atom is 0.228 e. The zero-order valence-electron chi connectivity index (χ0n) is 16.1. The highest BCUT2D eigenvalue weighted by Gasteiger charge is 2.32. The second kappa shape index (κ2) is 8.71. The molecule has 6 nitrogen and oxygen atoms in total. The van der Waals surface area contributed by atoms with Crippen LogP contribution in [0, 0.1) is 5.82 Å². The van der Waals surface area contributed by atoms with Gasteiger partial charge in [-0.25, -0.2) is 4.39 Å². The number of rotatable bonds is 5. The zero-order valence-corrected chi connectivity index (χ0v) is 16.1. The molecule has 0 radical (unpaired) electrons. The molecule has 2 aromatic carbocycles. The summed E-state index contributed by atoms with van der Waals surface area (Å²) in [5, 5.41) is 5.68. The number of carbonyl (C=O) groups is 2. The lowest BCUT2D eigenvalue weighted by molar-refractivity contribution is -0.126. The minimum Gasteiger partial charge on any atom is -0.379 e. The second-order valence-electron chi connectivity index (χ2n) is 7.36. The van der Waals surface area contributed by atoms with Gasteiger partial charge in [-0.2, -0.15) is 0 Å². The minimum atomic E-state index is -0.625. The Kier molecular flexibility index (Phi) is 5.87. The van der Waals surface area contributed by atoms with Gasteiger partial charge in [0.15, 0.2) is 0 Å². The molecule has 0 saturated carbocycles. The summed E-state index contributed by atoms with van der Waals surface area (Å²) in [5.41, 5.74) is 2.14. The Bertz CT molecular complexity index is 884. The number of hydrogen-bond acceptors (Lipinski definition) is 4. The van der Waals surface area contributed by atoms with Crippen molar-refractivity contribution < 1.29 is 18.7 Å². The Morgan fingerprint density at radius 1 is 1.21 bits per heavy atom. The van der Waals surface area contributed by atoms with Gasteiger partial charge in [0.2, 0.25) is 11.8 Å². The standard InChI is InChI=1S/C22H24FN3O3/c23-16-6-7-17-18(13-21(27)25-19(17)12-16)22(28)24-14-20(15-4-2-1-3-5-15)26-8-10-29-11-9-26/h1-7,12,18,20H,8-11,13-14H2,(H,24,28)(H,25,27). The lowest BCUT2D eigenvalue weighted by Gasteiger charge is -2.35. The largest absolute Gasteiger partial charge is 0.379 e. The Balaban J connectivity index is 1.50. The highest BCUT2D eigenvalue weighted by molar-refractivity contribution is 6.01. The third kappa shape index (κ3) is 4.46. The Morgan fingerprint density at radius 2 is 1.97 bits per heavy atom. The summed E-state index contributed by atoms with van der Waals surface area (Å²) in [6.45, 7) is 3.35. The van der Waals surface area contributed by atoms with Gasteiger partial charge in [0.05, 0.1) is 25.2 Å². The van der Waals surface area contributed by atoms with E-state index in [0.29, 0.717) is 31.0 Å². The molecule has 0 bridgehead atoms. The van der Waals surface area contributed by atoms with E-state index in [1.807, 2.05) is 18.2 Å². The normalized spacial score (nSPS) is 20.4. The first-order valence-corrected chi connectivity index (χ1v) is 9.85. The van der Waals surface area contributed by atoms with Crippen molar-refractivity contribution in [3.05, 3.63) is 65.5 Å². The maximum atomic E-state index is 13.5. The molecule has 2 aliphatic rings. The summed E-state index contributed by atoms with van der Waals surface area (Å²) >= 11 is 0. The molecule has 2 heterocycles. The van der Waals surface area contributed by atoms with Crippen molar-refractivity contribution in [3.63, 3.8) is 0 Å². The lowest BCUT2D eigenvalue weighted by atomic mass is 9.89. The first-order chi connectivity index (χ1) is 14.1. The van der Waals surface area contributed by atoms with Crippen molar-refractivity contribution >= 4 is 17.5 Å². The van der Waals surface area contributed by atoms with Crippen molar-refractivity contribution in [2.75, 3.05) is 38.2 Å². The van der Waals surface area contributed by atoms with E-state index in [-0.39, 0.29) is 24.3 Å². The summed E-state index contributed by atoms with van der Waals surface area (Å²) in [7, 11) is 0. The third-order valence-corrected chi connectivity index (χ3v) is 5.51. The SMILES string of the molecule is O=C1CC(C(=O)NCC(c2ccccc2)N2CCOCC2)c2ccc(F)cc2N1. The first kappa shape index (κ1) is 19.5. The molecule has 1 saturated heterocycles. The highest BCUT2D eigenvalue weighted by atomic mass is 19.1. The van der Waals surface area contributed by atoms with E-state index in [0.717, 1.165) is 18.7 Å². The zero-order chi connectivity index (χ0) is 20.2. The highest BCUT2D eigenvalue weighted by Crippen LogP contribution is 2.33. The summed E-state index contributed by atoms with van der Waals surface area (Å²) < 4.78 is 19.0. The molecule has 0 spiro atoms. The van der Waals surface area contributed by atoms with Crippen LogP contribution < -0.4 is 10.6 Å². The average molecular weight is 397 g/mol. The minimum absolute atomic E-state index is 0.0224. The number of ether oxygens (including phenoxy) is 1. The van der Waals surface area contributed by atoms with Gasteiger partial charge in [0, 0.05) is 31.7 Å². The Morgan fingerprint density at radius 3 is 2.72 bits per heavy atom. The van der Waals surface area contributed by atoms with Gasteiger partial charge in [0.1, 0.15) is 5.82 Å². The maximum absolute atomic E-state index is 13.5. The average Bonchev–Trinajstić information content (AvgIpc) is 2.74. The topological polar surface area (TPSA) is 70.7 Å². The second-order valence-corrected chi connectivity index (χ2v) is 7.36. The number of nitrogens with one attached hydrogen (secondary N) is 2. The number of hydrogen-bond donors (Lipinski definition) is 2. The van der Waals surface area contributed by atoms with Crippen LogP contribution in [0.1, 0.15) is 29.5 Å². The van der Waals surface area contributed by atoms with Crippen LogP contribution in [0.2, 0.25) is 0 Å². The van der Waals surface area contributed by atoms with Gasteiger partial charge in [-0.15, -0.1) is 0 Å². The molecule has 7 heteroatoms. The third-order valence-electron chi connectivity index (χ3n) is 5.51. The van der Waals surface area contributed by atoms with E-state index in [1.165, 1.54) is 12.1 Å². The quantitative estimate of drug-likeness (QED) is 0.813. The number of morpholine rings is 1. The Hall–Kier alpha value is -2.77. The van der Waals surface area contributed by atoms with Crippen molar-refractivity contribution in [1.29, 1.82) is 0 Å². The van der Waals surface area contributed by atoms with Crippen molar-refractivity contribution in [2.45, 2.75) is 18.4 Å². The van der Waals surface area contributed by atoms with Gasteiger partial charge in [-0.3, -0.25) is 14.5 Å². The predicted molar refractivity (Wildman–Crippen MR) is 107 cm³/mol. The van der Waals surface area contributed by atoms with E-state index in [9.17, 15) is 14.0 Å². The fourth-order valence-electron chi connectivity index (χ4n) is 4.01. The number of halogens is 1. The molecule has 2 amide bonds. The molecule has 0 aromatic heterocycles. The summed E-state index contributed by atoms with van der Waals surface area (Å²) in [4.78, 5) is 27.3. The lowest BCUT2D eigenvalue weighted by Crippen LogP contribution is -2.45. The van der Waals surface area contributed by atoms with Gasteiger partial charge < -0.3 is 15.4 Å². The van der Waals surface area contributed by atoms with Crippen LogP contribution in [-0.2, 0) is 14.3 Å². The molecule has 2 aromatic rings. The van der Waals surface area contributed by atoms with Crippen molar-refractivity contribution in [1.82, 2.24) is 10.2 Å². The number of anilines is 1. The van der Waals surface area contributed by atoms with E-state index >= 15 is 0 Å². The molecule has 2 aliphatic heterocycles. The van der Waals surface area contributed by atoms with E-state index < -0.39 is 11.7 Å². The van der Waals surface area contributed by atoms with Crippen LogP contribution in [-0.4, -0.2) is 49.6 Å². The number of amides is 2. The van der Waals surface area contributed by atoms with Gasteiger partial charge in [-0.05, 0) is 23.3 Å². The van der Waals surface area contributed by atoms with Gasteiger partial charge in [-0.1, -0.05) is 36.4 Å². The van der Waals surface area contributed by atoms with Crippen molar-refractivity contribution in [3.8, 4) is 0 Å². The molecule has 2 atom stereocenters. The number of fused-ring (bicyclic) bond motifs is 1. The number of benzene rings is 2. The molecule has 2 unspecified atom stereocenters. The monoisotopic (exact) mass is 397 g/mol. The molecular formula is C22H24FN3O3. The van der Waals surface area contributed by atoms with Crippen LogP contribution >= 0.6 is 0 Å². The van der Waals surface area contributed by atoms with E-state index in [4.69, 9.17) is 4.74 Å². The van der Waals surface area contributed by atoms with Gasteiger partial charge in [0.25, 0.3) is 0 Å². The van der Waals surface area contributed by atoms with Crippen LogP contribution in [0.25, 0.3) is 0 Å². The fraction of sp³-hybridized carbons (Fsp3) is 0.364. The Labute approximate surface area is 169 Å².